The standard InChI is InChI=1S/C14H19ClN4/c1-18-5-6-19(2)13(10-18)9-17-14-7-12(15)4-3-11(14)8-16/h3-4,7,13,17H,5-6,9-10H2,1-2H3. The van der Waals surface area contributed by atoms with Gasteiger partial charge in [-0.1, -0.05) is 11.6 Å². The van der Waals surface area contributed by atoms with Crippen LogP contribution in [0.15, 0.2) is 18.2 Å². The average Bonchev–Trinajstić information content (AvgIpc) is 2.40. The third-order valence-corrected chi connectivity index (χ3v) is 3.85. The molecule has 4 nitrogen and oxygen atoms in total. The van der Waals surface area contributed by atoms with Gasteiger partial charge in [-0.05, 0) is 32.3 Å². The second-order valence-corrected chi connectivity index (χ2v) is 5.52. The van der Waals surface area contributed by atoms with Crippen molar-refractivity contribution in [3.63, 3.8) is 0 Å². The maximum Gasteiger partial charge on any atom is 0.101 e. The number of halogens is 1. The molecule has 0 bridgehead atoms. The van der Waals surface area contributed by atoms with E-state index in [0.717, 1.165) is 31.9 Å². The summed E-state index contributed by atoms with van der Waals surface area (Å²) in [7, 11) is 4.28. The van der Waals surface area contributed by atoms with Crippen LogP contribution in [-0.2, 0) is 0 Å². The minimum absolute atomic E-state index is 0.448. The van der Waals surface area contributed by atoms with E-state index in [1.165, 1.54) is 0 Å². The average molecular weight is 279 g/mol. The van der Waals surface area contributed by atoms with Gasteiger partial charge in [0, 0.05) is 37.2 Å². The molecule has 102 valence electrons. The molecule has 19 heavy (non-hydrogen) atoms. The molecule has 1 heterocycles. The smallest absolute Gasteiger partial charge is 0.101 e. The van der Waals surface area contributed by atoms with Gasteiger partial charge in [-0.15, -0.1) is 0 Å². The van der Waals surface area contributed by atoms with Crippen LogP contribution in [0.5, 0.6) is 0 Å². The first-order valence-electron chi connectivity index (χ1n) is 6.42. The summed E-state index contributed by atoms with van der Waals surface area (Å²) in [6, 6.07) is 7.94. The van der Waals surface area contributed by atoms with Crippen molar-refractivity contribution in [1.82, 2.24) is 9.80 Å². The molecule has 1 aromatic carbocycles. The Balaban J connectivity index is 2.02. The quantitative estimate of drug-likeness (QED) is 0.917. The summed E-state index contributed by atoms with van der Waals surface area (Å²) in [5, 5.41) is 13.1. The molecule has 5 heteroatoms. The van der Waals surface area contributed by atoms with Crippen molar-refractivity contribution in [3.05, 3.63) is 28.8 Å². The predicted octanol–water partition coefficient (Wildman–Crippen LogP) is 1.87. The normalized spacial score (nSPS) is 21.1. The van der Waals surface area contributed by atoms with Gasteiger partial charge in [0.1, 0.15) is 6.07 Å². The van der Waals surface area contributed by atoms with Gasteiger partial charge in [0.05, 0.1) is 11.3 Å². The lowest BCUT2D eigenvalue weighted by molar-refractivity contribution is 0.122. The number of likely N-dealkylation sites (N-methyl/N-ethyl adjacent to an activating group) is 2. The molecule has 1 N–H and O–H groups in total. The van der Waals surface area contributed by atoms with Crippen LogP contribution >= 0.6 is 11.6 Å². The fourth-order valence-corrected chi connectivity index (χ4v) is 2.48. The molecule has 1 aliphatic heterocycles. The van der Waals surface area contributed by atoms with Crippen LogP contribution in [0.4, 0.5) is 5.69 Å². The number of hydrogen-bond donors (Lipinski definition) is 1. The minimum atomic E-state index is 0.448. The first-order valence-corrected chi connectivity index (χ1v) is 6.80. The number of nitrogens with zero attached hydrogens (tertiary/aromatic N) is 3. The zero-order valence-corrected chi connectivity index (χ0v) is 12.1. The first-order chi connectivity index (χ1) is 9.10. The van der Waals surface area contributed by atoms with E-state index >= 15 is 0 Å². The Labute approximate surface area is 119 Å². The van der Waals surface area contributed by atoms with Crippen LogP contribution in [0.1, 0.15) is 5.56 Å². The number of nitriles is 1. The van der Waals surface area contributed by atoms with Gasteiger partial charge in [0.25, 0.3) is 0 Å². The molecule has 2 rings (SSSR count). The summed E-state index contributed by atoms with van der Waals surface area (Å²) < 4.78 is 0. The summed E-state index contributed by atoms with van der Waals surface area (Å²) in [6.45, 7) is 4.03. The van der Waals surface area contributed by atoms with E-state index in [2.05, 4.69) is 35.3 Å². The van der Waals surface area contributed by atoms with Gasteiger partial charge in [-0.2, -0.15) is 5.26 Å². The summed E-state index contributed by atoms with van der Waals surface area (Å²) >= 11 is 5.98. The lowest BCUT2D eigenvalue weighted by atomic mass is 10.1. The van der Waals surface area contributed by atoms with E-state index in [-0.39, 0.29) is 0 Å². The molecule has 0 amide bonds. The number of hydrogen-bond acceptors (Lipinski definition) is 4. The van der Waals surface area contributed by atoms with Crippen LogP contribution in [0.2, 0.25) is 5.02 Å². The highest BCUT2D eigenvalue weighted by Gasteiger charge is 2.21. The first kappa shape index (κ1) is 14.1. The lowest BCUT2D eigenvalue weighted by Crippen LogP contribution is -2.52. The van der Waals surface area contributed by atoms with E-state index in [4.69, 9.17) is 16.9 Å². The number of benzene rings is 1. The van der Waals surface area contributed by atoms with Gasteiger partial charge in [-0.25, -0.2) is 0 Å². The monoisotopic (exact) mass is 278 g/mol. The number of piperazine rings is 1. The molecule has 1 unspecified atom stereocenters. The van der Waals surface area contributed by atoms with E-state index in [1.807, 2.05) is 6.07 Å². The number of anilines is 1. The zero-order valence-electron chi connectivity index (χ0n) is 11.4. The van der Waals surface area contributed by atoms with Crippen molar-refractivity contribution in [2.75, 3.05) is 45.6 Å². The Morgan fingerprint density at radius 2 is 2.21 bits per heavy atom. The maximum atomic E-state index is 9.09. The highest BCUT2D eigenvalue weighted by atomic mass is 35.5. The molecule has 1 fully saturated rings. The molecule has 1 atom stereocenters. The molecular formula is C14H19ClN4. The van der Waals surface area contributed by atoms with Gasteiger partial charge in [0.15, 0.2) is 0 Å². The highest BCUT2D eigenvalue weighted by Crippen LogP contribution is 2.20. The molecule has 0 radical (unpaired) electrons. The van der Waals surface area contributed by atoms with Gasteiger partial charge in [-0.3, -0.25) is 4.90 Å². The molecule has 0 saturated carbocycles. The van der Waals surface area contributed by atoms with Crippen molar-refractivity contribution in [2.24, 2.45) is 0 Å². The molecule has 0 aliphatic carbocycles. The Kier molecular flexibility index (Phi) is 4.65. The largest absolute Gasteiger partial charge is 0.382 e. The van der Waals surface area contributed by atoms with E-state index in [0.29, 0.717) is 16.6 Å². The maximum absolute atomic E-state index is 9.09. The van der Waals surface area contributed by atoms with Gasteiger partial charge in [0.2, 0.25) is 0 Å². The molecule has 1 saturated heterocycles. The van der Waals surface area contributed by atoms with Crippen LogP contribution in [0, 0.1) is 11.3 Å². The third-order valence-electron chi connectivity index (χ3n) is 3.61. The van der Waals surface area contributed by atoms with E-state index in [1.54, 1.807) is 12.1 Å². The topological polar surface area (TPSA) is 42.3 Å². The Morgan fingerprint density at radius 3 is 2.95 bits per heavy atom. The minimum Gasteiger partial charge on any atom is -0.382 e. The summed E-state index contributed by atoms with van der Waals surface area (Å²) in [4.78, 5) is 4.68. The fourth-order valence-electron chi connectivity index (χ4n) is 2.31. The number of rotatable bonds is 3. The molecular weight excluding hydrogens is 260 g/mol. The van der Waals surface area contributed by atoms with Crippen molar-refractivity contribution >= 4 is 17.3 Å². The van der Waals surface area contributed by atoms with E-state index in [9.17, 15) is 0 Å². The Hall–Kier alpha value is -1.28. The SMILES string of the molecule is CN1CCN(C)C(CNc2cc(Cl)ccc2C#N)C1. The summed E-state index contributed by atoms with van der Waals surface area (Å²) in [5.41, 5.74) is 1.45. The summed E-state index contributed by atoms with van der Waals surface area (Å²) in [5.74, 6) is 0. The van der Waals surface area contributed by atoms with Gasteiger partial charge >= 0.3 is 0 Å². The lowest BCUT2D eigenvalue weighted by Gasteiger charge is -2.37. The Morgan fingerprint density at radius 1 is 1.42 bits per heavy atom. The molecule has 1 aromatic rings. The van der Waals surface area contributed by atoms with Crippen LogP contribution in [0.25, 0.3) is 0 Å². The number of nitrogens with one attached hydrogen (secondary N) is 1. The summed E-state index contributed by atoms with van der Waals surface area (Å²) in [6.07, 6.45) is 0. The third kappa shape index (κ3) is 3.60. The van der Waals surface area contributed by atoms with Crippen molar-refractivity contribution in [3.8, 4) is 6.07 Å². The van der Waals surface area contributed by atoms with Crippen LogP contribution in [-0.4, -0.2) is 56.1 Å². The van der Waals surface area contributed by atoms with Gasteiger partial charge < -0.3 is 10.2 Å². The Bertz CT molecular complexity index is 483. The van der Waals surface area contributed by atoms with Crippen LogP contribution in [0.3, 0.4) is 0 Å². The second kappa shape index (κ2) is 6.25. The molecule has 1 aliphatic rings. The zero-order chi connectivity index (χ0) is 13.8. The highest BCUT2D eigenvalue weighted by molar-refractivity contribution is 6.30. The molecule has 0 aromatic heterocycles. The fraction of sp³-hybridized carbons (Fsp3) is 0.500. The molecule has 0 spiro atoms. The predicted molar refractivity (Wildman–Crippen MR) is 78.6 cm³/mol. The van der Waals surface area contributed by atoms with Crippen molar-refractivity contribution in [1.29, 1.82) is 5.26 Å². The van der Waals surface area contributed by atoms with E-state index < -0.39 is 0 Å². The second-order valence-electron chi connectivity index (χ2n) is 5.08. The van der Waals surface area contributed by atoms with Crippen LogP contribution < -0.4 is 5.32 Å². The van der Waals surface area contributed by atoms with Crippen molar-refractivity contribution in [2.45, 2.75) is 6.04 Å². The van der Waals surface area contributed by atoms with Crippen molar-refractivity contribution < 1.29 is 0 Å².